The minimum absolute atomic E-state index is 0.297. The van der Waals surface area contributed by atoms with Crippen LogP contribution in [0.2, 0.25) is 0 Å². The summed E-state index contributed by atoms with van der Waals surface area (Å²) in [6.07, 6.45) is 12.9. The highest BCUT2D eigenvalue weighted by Gasteiger charge is 2.27. The predicted octanol–water partition coefficient (Wildman–Crippen LogP) is 11.0. The summed E-state index contributed by atoms with van der Waals surface area (Å²) in [4.78, 5) is 42.8. The van der Waals surface area contributed by atoms with Gasteiger partial charge in [0.05, 0.1) is 40.7 Å². The van der Waals surface area contributed by atoms with E-state index in [4.69, 9.17) is 4.74 Å². The Labute approximate surface area is 342 Å². The van der Waals surface area contributed by atoms with Gasteiger partial charge in [-0.05, 0) is 106 Å². The summed E-state index contributed by atoms with van der Waals surface area (Å²) in [5.41, 5.74) is 12.7. The molecule has 10 rings (SSSR count). The quantitative estimate of drug-likeness (QED) is 0.137. The molecule has 59 heavy (non-hydrogen) atoms. The number of hydrogen-bond donors (Lipinski definition) is 1. The lowest BCUT2D eigenvalue weighted by molar-refractivity contribution is 0.0598. The first kappa shape index (κ1) is 37.5. The van der Waals surface area contributed by atoms with Crippen LogP contribution in [0.25, 0.3) is 44.1 Å². The van der Waals surface area contributed by atoms with Gasteiger partial charge in [-0.15, -0.1) is 0 Å². The van der Waals surface area contributed by atoms with Crippen molar-refractivity contribution >= 4 is 33.7 Å². The predicted molar refractivity (Wildman–Crippen MR) is 231 cm³/mol. The third-order valence-electron chi connectivity index (χ3n) is 11.3. The highest BCUT2D eigenvalue weighted by atomic mass is 16.5. The molecule has 0 aliphatic heterocycles. The van der Waals surface area contributed by atoms with Crippen molar-refractivity contribution in [2.45, 2.75) is 50.4 Å². The van der Waals surface area contributed by atoms with Gasteiger partial charge < -0.3 is 9.84 Å². The minimum atomic E-state index is -0.923. The fourth-order valence-corrected chi connectivity index (χ4v) is 7.91. The van der Waals surface area contributed by atoms with Gasteiger partial charge >= 0.3 is 11.9 Å². The van der Waals surface area contributed by atoms with Gasteiger partial charge in [0.2, 0.25) is 0 Å². The summed E-state index contributed by atoms with van der Waals surface area (Å²) in [5.74, 6) is -0.253. The van der Waals surface area contributed by atoms with Crippen molar-refractivity contribution in [3.8, 4) is 22.3 Å². The number of aromatic carboxylic acids is 1. The molecule has 0 radical (unpaired) electrons. The summed E-state index contributed by atoms with van der Waals surface area (Å²) in [6, 6.07) is 40.6. The topological polar surface area (TPSA) is 115 Å². The standard InChI is InChI=1S/C26H22N2O2.C25H20N2O2/c1-30-26(29)23-14-20(17-10-11-17)16-28-24(23)15-19-8-5-9-22-21(12-13-27-25(19)22)18-6-3-2-4-7-18;28-25(29)22-13-19(16-9-10-16)15-27-23(22)14-18-7-4-8-21-20(11-12-26-24(18)21)17-5-2-1-3-6-17/h2-9,12-14,16-17H,10-11,15H2,1H3;1-8,11-13,15-16H,9-10,14H2,(H,28,29). The molecule has 290 valence electrons. The second-order valence-corrected chi connectivity index (χ2v) is 15.3. The molecule has 8 heteroatoms. The molecular formula is C51H42N4O4. The first-order valence-electron chi connectivity index (χ1n) is 20.1. The van der Waals surface area contributed by atoms with Gasteiger partial charge in [0.1, 0.15) is 0 Å². The van der Waals surface area contributed by atoms with Crippen LogP contribution in [0.5, 0.6) is 0 Å². The maximum atomic E-state index is 12.4. The van der Waals surface area contributed by atoms with E-state index in [1.807, 2.05) is 97.6 Å². The molecule has 4 aromatic heterocycles. The number of fused-ring (bicyclic) bond motifs is 2. The highest BCUT2D eigenvalue weighted by Crippen LogP contribution is 2.41. The molecule has 2 saturated carbocycles. The number of carboxylic acids is 1. The van der Waals surface area contributed by atoms with Gasteiger partial charge in [0, 0.05) is 48.4 Å². The van der Waals surface area contributed by atoms with Crippen LogP contribution in [-0.4, -0.2) is 44.1 Å². The molecule has 0 unspecified atom stereocenters. The van der Waals surface area contributed by atoms with E-state index < -0.39 is 5.97 Å². The molecule has 4 aromatic carbocycles. The first-order valence-corrected chi connectivity index (χ1v) is 20.1. The number of carboxylic acid groups (broad SMARTS) is 1. The zero-order chi connectivity index (χ0) is 40.3. The van der Waals surface area contributed by atoms with E-state index in [9.17, 15) is 14.7 Å². The summed E-state index contributed by atoms with van der Waals surface area (Å²) >= 11 is 0. The average molecular weight is 775 g/mol. The van der Waals surface area contributed by atoms with Crippen molar-refractivity contribution in [3.63, 3.8) is 0 Å². The fourth-order valence-electron chi connectivity index (χ4n) is 7.91. The SMILES string of the molecule is COC(=O)c1cc(C2CC2)cnc1Cc1cccc2c(-c3ccccc3)ccnc12.O=C(O)c1cc(C2CC2)cnc1Cc1cccc2c(-c3ccccc3)ccnc12. The molecule has 2 aliphatic carbocycles. The number of aromatic nitrogens is 4. The van der Waals surface area contributed by atoms with Crippen molar-refractivity contribution in [3.05, 3.63) is 191 Å². The van der Waals surface area contributed by atoms with E-state index in [1.165, 1.54) is 7.11 Å². The maximum Gasteiger partial charge on any atom is 0.339 e. The van der Waals surface area contributed by atoms with Gasteiger partial charge in [0.25, 0.3) is 0 Å². The number of benzene rings is 4. The van der Waals surface area contributed by atoms with E-state index >= 15 is 0 Å². The van der Waals surface area contributed by atoms with Gasteiger partial charge in [0.15, 0.2) is 0 Å². The number of carbonyl (C=O) groups is 2. The molecule has 2 fully saturated rings. The Morgan fingerprint density at radius 2 is 1.03 bits per heavy atom. The lowest BCUT2D eigenvalue weighted by atomic mass is 9.96. The molecule has 0 amide bonds. The van der Waals surface area contributed by atoms with Crippen molar-refractivity contribution in [2.24, 2.45) is 0 Å². The van der Waals surface area contributed by atoms with Crippen LogP contribution in [-0.2, 0) is 17.6 Å². The summed E-state index contributed by atoms with van der Waals surface area (Å²) in [6.45, 7) is 0. The van der Waals surface area contributed by atoms with Gasteiger partial charge in [-0.2, -0.15) is 0 Å². The van der Waals surface area contributed by atoms with Crippen LogP contribution < -0.4 is 0 Å². The van der Waals surface area contributed by atoms with E-state index in [-0.39, 0.29) is 5.97 Å². The van der Waals surface area contributed by atoms with Crippen LogP contribution in [0.1, 0.15) is 91.9 Å². The lowest BCUT2D eigenvalue weighted by Crippen LogP contribution is -2.09. The molecule has 1 N–H and O–H groups in total. The number of ether oxygens (including phenoxy) is 1. The third kappa shape index (κ3) is 8.07. The van der Waals surface area contributed by atoms with Crippen molar-refractivity contribution in [2.75, 3.05) is 7.11 Å². The number of para-hydroxylation sites is 2. The van der Waals surface area contributed by atoms with Crippen LogP contribution in [0.4, 0.5) is 0 Å². The number of pyridine rings is 4. The van der Waals surface area contributed by atoms with Gasteiger partial charge in [-0.3, -0.25) is 19.9 Å². The highest BCUT2D eigenvalue weighted by molar-refractivity contribution is 5.97. The second kappa shape index (κ2) is 16.4. The molecule has 0 spiro atoms. The summed E-state index contributed by atoms with van der Waals surface area (Å²) in [5, 5.41) is 11.9. The largest absolute Gasteiger partial charge is 0.478 e. The monoisotopic (exact) mass is 774 g/mol. The summed E-state index contributed by atoms with van der Waals surface area (Å²) in [7, 11) is 1.42. The Morgan fingerprint density at radius 3 is 1.47 bits per heavy atom. The zero-order valence-electron chi connectivity index (χ0n) is 32.7. The molecule has 4 heterocycles. The zero-order valence-corrected chi connectivity index (χ0v) is 32.7. The average Bonchev–Trinajstić information content (AvgIpc) is 4.23. The van der Waals surface area contributed by atoms with Gasteiger partial charge in [-0.25, -0.2) is 9.59 Å². The van der Waals surface area contributed by atoms with Crippen molar-refractivity contribution < 1.29 is 19.4 Å². The number of rotatable bonds is 10. The Bertz CT molecular complexity index is 2840. The third-order valence-corrected chi connectivity index (χ3v) is 11.3. The van der Waals surface area contributed by atoms with E-state index in [1.54, 1.807) is 6.07 Å². The number of nitrogens with zero attached hydrogens (tertiary/aromatic N) is 4. The number of carbonyl (C=O) groups excluding carboxylic acids is 1. The second-order valence-electron chi connectivity index (χ2n) is 15.3. The number of methoxy groups -OCH3 is 1. The molecule has 0 saturated heterocycles. The Kier molecular flexibility index (Phi) is 10.4. The molecule has 0 atom stereocenters. The summed E-state index contributed by atoms with van der Waals surface area (Å²) < 4.78 is 5.04. The van der Waals surface area contributed by atoms with Crippen LogP contribution >= 0.6 is 0 Å². The molecule has 2 aliphatic rings. The maximum absolute atomic E-state index is 12.4. The molecule has 0 bridgehead atoms. The minimum Gasteiger partial charge on any atom is -0.478 e. The smallest absolute Gasteiger partial charge is 0.339 e. The van der Waals surface area contributed by atoms with Crippen LogP contribution in [0.15, 0.2) is 146 Å². The number of hydrogen-bond acceptors (Lipinski definition) is 7. The number of esters is 1. The van der Waals surface area contributed by atoms with E-state index in [0.717, 1.165) is 97.7 Å². The molecular weight excluding hydrogens is 733 g/mol. The molecule has 8 aromatic rings. The van der Waals surface area contributed by atoms with Crippen LogP contribution in [0, 0.1) is 0 Å². The Balaban J connectivity index is 0.000000152. The Morgan fingerprint density at radius 1 is 0.576 bits per heavy atom. The van der Waals surface area contributed by atoms with Crippen LogP contribution in [0.3, 0.4) is 0 Å². The van der Waals surface area contributed by atoms with Crippen molar-refractivity contribution in [1.82, 2.24) is 19.9 Å². The molecule has 8 nitrogen and oxygen atoms in total. The van der Waals surface area contributed by atoms with E-state index in [2.05, 4.69) is 62.4 Å². The van der Waals surface area contributed by atoms with E-state index in [0.29, 0.717) is 41.5 Å². The van der Waals surface area contributed by atoms with Crippen molar-refractivity contribution in [1.29, 1.82) is 0 Å². The Hall–Kier alpha value is -7.06. The fraction of sp³-hybridized carbons (Fsp3) is 0.176. The van der Waals surface area contributed by atoms with Gasteiger partial charge in [-0.1, -0.05) is 97.1 Å². The first-order chi connectivity index (χ1) is 28.9. The normalized spacial score (nSPS) is 13.4. The lowest BCUT2D eigenvalue weighted by Gasteiger charge is -2.12.